The number of anilines is 1. The highest BCUT2D eigenvalue weighted by atomic mass is 35.5. The average Bonchev–Trinajstić information content (AvgIpc) is 3.35. The summed E-state index contributed by atoms with van der Waals surface area (Å²) in [6.07, 6.45) is 1.96. The molecule has 0 radical (unpaired) electrons. The molecule has 0 fully saturated rings. The van der Waals surface area contributed by atoms with Gasteiger partial charge in [0.05, 0.1) is 0 Å². The smallest absolute Gasteiger partial charge is 0.227 e. The van der Waals surface area contributed by atoms with Crippen molar-refractivity contribution >= 4 is 46.0 Å². The molecule has 0 aliphatic carbocycles. The normalized spacial score (nSPS) is 15.8. The van der Waals surface area contributed by atoms with Crippen LogP contribution in [0.5, 0.6) is 0 Å². The quantitative estimate of drug-likeness (QED) is 0.389. The number of ketones is 1. The second-order valence-corrected chi connectivity index (χ2v) is 8.80. The highest BCUT2D eigenvalue weighted by Crippen LogP contribution is 2.39. The molecule has 0 saturated carbocycles. The Bertz CT molecular complexity index is 1340. The molecule has 3 heterocycles. The number of aromatic nitrogens is 4. The van der Waals surface area contributed by atoms with Gasteiger partial charge in [-0.15, -0.1) is 5.10 Å². The fourth-order valence-electron chi connectivity index (χ4n) is 4.01. The van der Waals surface area contributed by atoms with Crippen LogP contribution < -0.4 is 5.32 Å². The third kappa shape index (κ3) is 3.54. The van der Waals surface area contributed by atoms with Crippen LogP contribution in [-0.4, -0.2) is 25.5 Å². The van der Waals surface area contributed by atoms with Crippen molar-refractivity contribution in [1.29, 1.82) is 0 Å². The number of carbonyl (C=O) groups excluding carboxylic acids is 1. The van der Waals surface area contributed by atoms with E-state index in [1.807, 2.05) is 60.3 Å². The molecule has 2 aromatic heterocycles. The number of nitrogens with one attached hydrogen (secondary N) is 2. The lowest BCUT2D eigenvalue weighted by Gasteiger charge is -2.27. The first-order chi connectivity index (χ1) is 15.0. The Balaban J connectivity index is 1.56. The Hall–Kier alpha value is -3.03. The summed E-state index contributed by atoms with van der Waals surface area (Å²) in [4.78, 5) is 20.6. The van der Waals surface area contributed by atoms with Crippen LogP contribution >= 0.6 is 23.4 Å². The van der Waals surface area contributed by atoms with Gasteiger partial charge in [0.2, 0.25) is 11.1 Å². The van der Waals surface area contributed by atoms with E-state index >= 15 is 0 Å². The third-order valence-electron chi connectivity index (χ3n) is 5.44. The van der Waals surface area contributed by atoms with Crippen LogP contribution in [0.25, 0.3) is 10.9 Å². The molecule has 2 N–H and O–H groups in total. The van der Waals surface area contributed by atoms with Crippen LogP contribution in [0.1, 0.15) is 31.0 Å². The fourth-order valence-corrected chi connectivity index (χ4v) is 5.13. The molecular formula is C23H20ClN5OS. The van der Waals surface area contributed by atoms with Gasteiger partial charge >= 0.3 is 0 Å². The number of allylic oxidation sites excluding steroid dienone is 2. The Kier molecular flexibility index (Phi) is 5.08. The Labute approximate surface area is 188 Å². The number of hydrogen-bond acceptors (Lipinski definition) is 5. The van der Waals surface area contributed by atoms with Crippen LogP contribution in [0.15, 0.2) is 71.2 Å². The van der Waals surface area contributed by atoms with Crippen molar-refractivity contribution in [3.05, 3.63) is 82.1 Å². The maximum absolute atomic E-state index is 12.6. The highest BCUT2D eigenvalue weighted by Gasteiger charge is 2.34. The zero-order valence-electron chi connectivity index (χ0n) is 17.0. The molecular weight excluding hydrogens is 430 g/mol. The lowest BCUT2D eigenvalue weighted by atomic mass is 9.93. The molecule has 0 amide bonds. The van der Waals surface area contributed by atoms with E-state index in [0.717, 1.165) is 32.7 Å². The van der Waals surface area contributed by atoms with Crippen LogP contribution in [0.3, 0.4) is 0 Å². The molecule has 1 aliphatic rings. The number of Topliss-reactive ketones (excluding diaryl/α,β-unsaturated/α-hetero) is 1. The topological polar surface area (TPSA) is 75.6 Å². The van der Waals surface area contributed by atoms with Crippen LogP contribution in [0, 0.1) is 0 Å². The molecule has 1 atom stereocenters. The Morgan fingerprint density at radius 1 is 1.19 bits per heavy atom. The summed E-state index contributed by atoms with van der Waals surface area (Å²) >= 11 is 7.81. The van der Waals surface area contributed by atoms with Crippen molar-refractivity contribution in [2.45, 2.75) is 30.8 Å². The number of fused-ring (bicyclic) bond motifs is 2. The van der Waals surface area contributed by atoms with E-state index in [1.54, 1.807) is 6.92 Å². The number of thioether (sulfide) groups is 1. The number of hydrogen-bond donors (Lipinski definition) is 2. The summed E-state index contributed by atoms with van der Waals surface area (Å²) < 4.78 is 1.81. The average molecular weight is 450 g/mol. The van der Waals surface area contributed by atoms with E-state index in [9.17, 15) is 4.79 Å². The van der Waals surface area contributed by atoms with Gasteiger partial charge in [-0.2, -0.15) is 4.98 Å². The van der Waals surface area contributed by atoms with Crippen molar-refractivity contribution in [2.75, 3.05) is 5.32 Å². The van der Waals surface area contributed by atoms with Gasteiger partial charge in [0.15, 0.2) is 5.78 Å². The summed E-state index contributed by atoms with van der Waals surface area (Å²) in [6.45, 7) is 3.50. The first kappa shape index (κ1) is 19.9. The van der Waals surface area contributed by atoms with Gasteiger partial charge in [0.1, 0.15) is 6.04 Å². The SMILES string of the molecule is CC(=O)C1=C(C)Nc2nc(SCc3ccccc3Cl)nn2C1c1c[nH]c2ccccc12. The van der Waals surface area contributed by atoms with Crippen molar-refractivity contribution in [1.82, 2.24) is 19.7 Å². The number of halogens is 1. The number of nitrogens with zero attached hydrogens (tertiary/aromatic N) is 3. The van der Waals surface area contributed by atoms with Crippen molar-refractivity contribution < 1.29 is 4.79 Å². The Morgan fingerprint density at radius 3 is 2.77 bits per heavy atom. The van der Waals surface area contributed by atoms with Gasteiger partial charge in [-0.3, -0.25) is 4.79 Å². The summed E-state index contributed by atoms with van der Waals surface area (Å²) in [6, 6.07) is 15.5. The molecule has 8 heteroatoms. The number of H-pyrrole nitrogens is 1. The summed E-state index contributed by atoms with van der Waals surface area (Å²) in [5.74, 6) is 1.29. The van der Waals surface area contributed by atoms with Crippen LogP contribution in [-0.2, 0) is 10.5 Å². The number of rotatable bonds is 5. The van der Waals surface area contributed by atoms with E-state index < -0.39 is 0 Å². The van der Waals surface area contributed by atoms with E-state index in [4.69, 9.17) is 16.7 Å². The second kappa shape index (κ2) is 7.90. The van der Waals surface area contributed by atoms with E-state index in [2.05, 4.69) is 21.4 Å². The minimum atomic E-state index is -0.355. The summed E-state index contributed by atoms with van der Waals surface area (Å²) in [7, 11) is 0. The van der Waals surface area contributed by atoms with Gasteiger partial charge in [-0.25, -0.2) is 4.68 Å². The fraction of sp³-hybridized carbons (Fsp3) is 0.174. The van der Waals surface area contributed by atoms with Crippen LogP contribution in [0.4, 0.5) is 5.95 Å². The van der Waals surface area contributed by atoms with Gasteiger partial charge in [-0.1, -0.05) is 59.8 Å². The number of benzene rings is 2. The first-order valence-corrected chi connectivity index (χ1v) is 11.3. The molecule has 0 bridgehead atoms. The molecule has 6 nitrogen and oxygen atoms in total. The third-order valence-corrected chi connectivity index (χ3v) is 6.70. The highest BCUT2D eigenvalue weighted by molar-refractivity contribution is 7.98. The van der Waals surface area contributed by atoms with Gasteiger partial charge in [0.25, 0.3) is 0 Å². The molecule has 2 aromatic carbocycles. The standard InChI is InChI=1S/C23H20ClN5OS/c1-13-20(14(2)30)21(17-11-25-19-10-6-4-8-16(17)19)29-22(26-13)27-23(28-29)31-12-15-7-3-5-9-18(15)24/h3-11,21,25H,12H2,1-2H3,(H,26,27,28). The van der Waals surface area contributed by atoms with E-state index in [-0.39, 0.29) is 11.8 Å². The molecule has 156 valence electrons. The minimum absolute atomic E-state index is 0.00621. The van der Waals surface area contributed by atoms with E-state index in [0.29, 0.717) is 22.4 Å². The second-order valence-electron chi connectivity index (χ2n) is 7.45. The molecule has 1 aliphatic heterocycles. The molecule has 31 heavy (non-hydrogen) atoms. The largest absolute Gasteiger partial charge is 0.361 e. The zero-order valence-corrected chi connectivity index (χ0v) is 18.6. The predicted molar refractivity (Wildman–Crippen MR) is 124 cm³/mol. The van der Waals surface area contributed by atoms with Crippen molar-refractivity contribution in [3.63, 3.8) is 0 Å². The first-order valence-electron chi connectivity index (χ1n) is 9.90. The lowest BCUT2D eigenvalue weighted by molar-refractivity contribution is -0.114. The monoisotopic (exact) mass is 449 g/mol. The molecule has 0 saturated heterocycles. The number of aromatic amines is 1. The van der Waals surface area contributed by atoms with Gasteiger partial charge in [0, 0.05) is 44.7 Å². The van der Waals surface area contributed by atoms with Gasteiger partial charge < -0.3 is 10.3 Å². The van der Waals surface area contributed by atoms with Crippen molar-refractivity contribution in [2.24, 2.45) is 0 Å². The number of carbonyl (C=O) groups is 1. The maximum atomic E-state index is 12.6. The Morgan fingerprint density at radius 2 is 1.97 bits per heavy atom. The molecule has 1 unspecified atom stereocenters. The summed E-state index contributed by atoms with van der Waals surface area (Å²) in [5, 5.41) is 10.4. The number of para-hydroxylation sites is 1. The molecule has 5 rings (SSSR count). The molecule has 0 spiro atoms. The minimum Gasteiger partial charge on any atom is -0.361 e. The maximum Gasteiger partial charge on any atom is 0.227 e. The lowest BCUT2D eigenvalue weighted by Crippen LogP contribution is -2.27. The van der Waals surface area contributed by atoms with Gasteiger partial charge in [-0.05, 0) is 31.5 Å². The summed E-state index contributed by atoms with van der Waals surface area (Å²) in [5.41, 5.74) is 4.53. The zero-order chi connectivity index (χ0) is 21.5. The molecule has 4 aromatic rings. The predicted octanol–water partition coefficient (Wildman–Crippen LogP) is 5.58. The van der Waals surface area contributed by atoms with Crippen molar-refractivity contribution in [3.8, 4) is 0 Å². The van der Waals surface area contributed by atoms with Crippen LogP contribution in [0.2, 0.25) is 5.02 Å². The van der Waals surface area contributed by atoms with E-state index in [1.165, 1.54) is 11.8 Å².